The summed E-state index contributed by atoms with van der Waals surface area (Å²) in [7, 11) is 4.12. The Labute approximate surface area is 123 Å². The minimum absolute atomic E-state index is 0.595. The van der Waals surface area contributed by atoms with E-state index in [1.807, 2.05) is 24.3 Å². The molecule has 1 heterocycles. The average molecular weight is 279 g/mol. The molecule has 3 rings (SSSR count). The van der Waals surface area contributed by atoms with Crippen LogP contribution in [0.1, 0.15) is 15.9 Å². The number of hydrogen-bond acceptors (Lipinski definition) is 3. The summed E-state index contributed by atoms with van der Waals surface area (Å²) in [6, 6.07) is 14.3. The van der Waals surface area contributed by atoms with Crippen LogP contribution in [0, 0.1) is 0 Å². The van der Waals surface area contributed by atoms with Crippen molar-refractivity contribution in [2.75, 3.05) is 14.1 Å². The molecule has 3 heteroatoms. The maximum Gasteiger partial charge on any atom is 0.153 e. The van der Waals surface area contributed by atoms with Gasteiger partial charge in [0.2, 0.25) is 0 Å². The molecule has 0 bridgehead atoms. The summed E-state index contributed by atoms with van der Waals surface area (Å²) in [5, 5.41) is 0.860. The van der Waals surface area contributed by atoms with Crippen molar-refractivity contribution < 1.29 is 9.21 Å². The maximum atomic E-state index is 10.9. The van der Waals surface area contributed by atoms with Crippen LogP contribution in [0.15, 0.2) is 53.1 Å². The molecule has 0 saturated heterocycles. The van der Waals surface area contributed by atoms with Crippen molar-refractivity contribution in [3.05, 3.63) is 59.9 Å². The van der Waals surface area contributed by atoms with Crippen molar-refractivity contribution in [1.82, 2.24) is 4.90 Å². The number of aldehydes is 1. The van der Waals surface area contributed by atoms with Crippen LogP contribution in [0.5, 0.6) is 0 Å². The molecule has 0 unspecified atom stereocenters. The van der Waals surface area contributed by atoms with Gasteiger partial charge in [0.25, 0.3) is 0 Å². The fourth-order valence-electron chi connectivity index (χ4n) is 2.59. The molecule has 0 saturated carbocycles. The number of furan rings is 1. The largest absolute Gasteiger partial charge is 0.464 e. The van der Waals surface area contributed by atoms with Gasteiger partial charge in [-0.05, 0) is 42.9 Å². The molecule has 2 aromatic carbocycles. The molecule has 0 N–H and O–H groups in total. The summed E-state index contributed by atoms with van der Waals surface area (Å²) in [5.41, 5.74) is 4.90. The van der Waals surface area contributed by atoms with Crippen LogP contribution in [0.4, 0.5) is 0 Å². The SMILES string of the molecule is CN(C)Cc1ccccc1-c1ccc2c(C=O)coc2c1. The maximum absolute atomic E-state index is 10.9. The highest BCUT2D eigenvalue weighted by atomic mass is 16.3. The van der Waals surface area contributed by atoms with Gasteiger partial charge in [-0.15, -0.1) is 0 Å². The van der Waals surface area contributed by atoms with Crippen molar-refractivity contribution in [1.29, 1.82) is 0 Å². The van der Waals surface area contributed by atoms with Crippen molar-refractivity contribution >= 4 is 17.3 Å². The molecule has 3 nitrogen and oxygen atoms in total. The van der Waals surface area contributed by atoms with E-state index in [1.54, 1.807) is 0 Å². The predicted octanol–water partition coefficient (Wildman–Crippen LogP) is 3.97. The predicted molar refractivity (Wildman–Crippen MR) is 84.4 cm³/mol. The smallest absolute Gasteiger partial charge is 0.153 e. The lowest BCUT2D eigenvalue weighted by molar-refractivity contribution is 0.112. The second kappa shape index (κ2) is 5.54. The lowest BCUT2D eigenvalue weighted by Gasteiger charge is -2.14. The lowest BCUT2D eigenvalue weighted by Crippen LogP contribution is -2.11. The van der Waals surface area contributed by atoms with Crippen LogP contribution in [0.3, 0.4) is 0 Å². The fourth-order valence-corrected chi connectivity index (χ4v) is 2.59. The Morgan fingerprint density at radius 3 is 2.71 bits per heavy atom. The zero-order valence-corrected chi connectivity index (χ0v) is 12.2. The van der Waals surface area contributed by atoms with Crippen molar-refractivity contribution in [2.45, 2.75) is 6.54 Å². The molecule has 21 heavy (non-hydrogen) atoms. The van der Waals surface area contributed by atoms with Crippen LogP contribution < -0.4 is 0 Å². The highest BCUT2D eigenvalue weighted by Crippen LogP contribution is 2.29. The first-order valence-electron chi connectivity index (χ1n) is 6.88. The summed E-state index contributed by atoms with van der Waals surface area (Å²) >= 11 is 0. The van der Waals surface area contributed by atoms with E-state index in [9.17, 15) is 4.79 Å². The minimum Gasteiger partial charge on any atom is -0.464 e. The second-order valence-electron chi connectivity index (χ2n) is 5.41. The molecule has 0 amide bonds. The second-order valence-corrected chi connectivity index (χ2v) is 5.41. The van der Waals surface area contributed by atoms with Gasteiger partial charge in [0.1, 0.15) is 11.8 Å². The summed E-state index contributed by atoms with van der Waals surface area (Å²) in [6.45, 7) is 0.881. The van der Waals surface area contributed by atoms with E-state index in [-0.39, 0.29) is 0 Å². The highest BCUT2D eigenvalue weighted by Gasteiger charge is 2.09. The molecule has 0 spiro atoms. The molecule has 0 atom stereocenters. The zero-order valence-electron chi connectivity index (χ0n) is 12.2. The Bertz CT molecular complexity index is 787. The fraction of sp³-hybridized carbons (Fsp3) is 0.167. The van der Waals surface area contributed by atoms with E-state index in [1.165, 1.54) is 17.4 Å². The molecular formula is C18H17NO2. The Morgan fingerprint density at radius 2 is 1.95 bits per heavy atom. The van der Waals surface area contributed by atoms with Gasteiger partial charge in [-0.2, -0.15) is 0 Å². The van der Waals surface area contributed by atoms with E-state index in [2.05, 4.69) is 37.2 Å². The van der Waals surface area contributed by atoms with Gasteiger partial charge in [0.15, 0.2) is 6.29 Å². The van der Waals surface area contributed by atoms with Gasteiger partial charge in [0.05, 0.1) is 5.56 Å². The Balaban J connectivity index is 2.10. The molecule has 0 aliphatic rings. The quantitative estimate of drug-likeness (QED) is 0.677. The summed E-state index contributed by atoms with van der Waals surface area (Å²) in [5.74, 6) is 0. The Kier molecular flexibility index (Phi) is 3.59. The number of carbonyl (C=O) groups is 1. The Hall–Kier alpha value is -2.39. The summed E-state index contributed by atoms with van der Waals surface area (Å²) in [6.07, 6.45) is 2.33. The lowest BCUT2D eigenvalue weighted by atomic mass is 9.98. The topological polar surface area (TPSA) is 33.5 Å². The van der Waals surface area contributed by atoms with Crippen LogP contribution >= 0.6 is 0 Å². The van der Waals surface area contributed by atoms with Crippen LogP contribution in [0.2, 0.25) is 0 Å². The average Bonchev–Trinajstić information content (AvgIpc) is 2.89. The molecule has 0 radical (unpaired) electrons. The molecule has 3 aromatic rings. The molecular weight excluding hydrogens is 262 g/mol. The third-order valence-corrected chi connectivity index (χ3v) is 3.55. The molecule has 0 fully saturated rings. The number of hydrogen-bond donors (Lipinski definition) is 0. The van der Waals surface area contributed by atoms with E-state index in [0.717, 1.165) is 29.4 Å². The third kappa shape index (κ3) is 2.60. The van der Waals surface area contributed by atoms with Gasteiger partial charge in [0, 0.05) is 11.9 Å². The minimum atomic E-state index is 0.595. The van der Waals surface area contributed by atoms with Crippen LogP contribution in [0.25, 0.3) is 22.1 Å². The van der Waals surface area contributed by atoms with Crippen molar-refractivity contribution in [3.8, 4) is 11.1 Å². The van der Waals surface area contributed by atoms with Crippen molar-refractivity contribution in [3.63, 3.8) is 0 Å². The van der Waals surface area contributed by atoms with Gasteiger partial charge < -0.3 is 9.32 Å². The van der Waals surface area contributed by atoms with E-state index in [0.29, 0.717) is 5.56 Å². The van der Waals surface area contributed by atoms with Gasteiger partial charge in [-0.1, -0.05) is 30.3 Å². The summed E-state index contributed by atoms with van der Waals surface area (Å²) in [4.78, 5) is 13.1. The van der Waals surface area contributed by atoms with E-state index in [4.69, 9.17) is 4.42 Å². The monoisotopic (exact) mass is 279 g/mol. The number of nitrogens with zero attached hydrogens (tertiary/aromatic N) is 1. The molecule has 1 aromatic heterocycles. The zero-order chi connectivity index (χ0) is 14.8. The first kappa shape index (κ1) is 13.6. The standard InChI is InChI=1S/C18H17NO2/c1-19(2)10-14-5-3-4-6-16(14)13-7-8-17-15(11-20)12-21-18(17)9-13/h3-9,11-12H,10H2,1-2H3. The first-order chi connectivity index (χ1) is 10.2. The number of benzene rings is 2. The van der Waals surface area contributed by atoms with E-state index < -0.39 is 0 Å². The molecule has 0 aliphatic carbocycles. The van der Waals surface area contributed by atoms with Crippen molar-refractivity contribution in [2.24, 2.45) is 0 Å². The van der Waals surface area contributed by atoms with Crippen LogP contribution in [-0.4, -0.2) is 25.3 Å². The number of carbonyl (C=O) groups excluding carboxylic acids is 1. The van der Waals surface area contributed by atoms with Gasteiger partial charge in [-0.25, -0.2) is 0 Å². The molecule has 106 valence electrons. The van der Waals surface area contributed by atoms with Crippen LogP contribution in [-0.2, 0) is 6.54 Å². The highest BCUT2D eigenvalue weighted by molar-refractivity contribution is 5.97. The van der Waals surface area contributed by atoms with E-state index >= 15 is 0 Å². The third-order valence-electron chi connectivity index (χ3n) is 3.55. The first-order valence-corrected chi connectivity index (χ1v) is 6.88. The molecule has 0 aliphatic heterocycles. The summed E-state index contributed by atoms with van der Waals surface area (Å²) < 4.78 is 5.48. The Morgan fingerprint density at radius 1 is 1.14 bits per heavy atom. The normalized spacial score (nSPS) is 11.2. The van der Waals surface area contributed by atoms with Gasteiger partial charge in [-0.3, -0.25) is 4.79 Å². The number of rotatable bonds is 4. The van der Waals surface area contributed by atoms with Gasteiger partial charge >= 0.3 is 0 Å². The number of fused-ring (bicyclic) bond motifs is 1.